The van der Waals surface area contributed by atoms with Crippen molar-refractivity contribution in [1.29, 1.82) is 0 Å². The van der Waals surface area contributed by atoms with Gasteiger partial charge < -0.3 is 9.47 Å². The van der Waals surface area contributed by atoms with E-state index in [-0.39, 0.29) is 0 Å². The Labute approximate surface area is 187 Å². The Morgan fingerprint density at radius 2 is 1.58 bits per heavy atom. The molecule has 0 bridgehead atoms. The van der Waals surface area contributed by atoms with E-state index in [2.05, 4.69) is 71.0 Å². The Morgan fingerprint density at radius 3 is 2.39 bits per heavy atom. The van der Waals surface area contributed by atoms with E-state index in [9.17, 15) is 4.79 Å². The minimum Gasteiger partial charge on any atom is -0.340 e. The molecule has 0 saturated carbocycles. The van der Waals surface area contributed by atoms with Gasteiger partial charge in [-0.25, -0.2) is 0 Å². The van der Waals surface area contributed by atoms with Crippen LogP contribution in [0.2, 0.25) is 0 Å². The third-order valence-corrected chi connectivity index (χ3v) is 6.69. The SMILES string of the molecule is CCCCCCCCCC(=O)N1CCc2c(c3ccccc3n2Cc2ccccc2)C1. The molecule has 1 aliphatic heterocycles. The van der Waals surface area contributed by atoms with Crippen LogP contribution in [-0.4, -0.2) is 21.9 Å². The van der Waals surface area contributed by atoms with Crippen molar-refractivity contribution >= 4 is 16.8 Å². The van der Waals surface area contributed by atoms with Crippen LogP contribution in [0.4, 0.5) is 0 Å². The van der Waals surface area contributed by atoms with E-state index in [4.69, 9.17) is 0 Å². The molecule has 2 aromatic carbocycles. The van der Waals surface area contributed by atoms with Crippen molar-refractivity contribution in [2.75, 3.05) is 6.54 Å². The van der Waals surface area contributed by atoms with Crippen LogP contribution in [0.15, 0.2) is 54.6 Å². The summed E-state index contributed by atoms with van der Waals surface area (Å²) in [6.07, 6.45) is 10.4. The zero-order valence-corrected chi connectivity index (χ0v) is 19.0. The van der Waals surface area contributed by atoms with Crippen LogP contribution < -0.4 is 0 Å². The Balaban J connectivity index is 1.42. The number of carbonyl (C=O) groups is 1. The van der Waals surface area contributed by atoms with Crippen molar-refractivity contribution < 1.29 is 4.79 Å². The van der Waals surface area contributed by atoms with Crippen LogP contribution in [-0.2, 0) is 24.3 Å². The van der Waals surface area contributed by atoms with Crippen LogP contribution in [0, 0.1) is 0 Å². The van der Waals surface area contributed by atoms with Gasteiger partial charge in [-0.1, -0.05) is 94.0 Å². The molecule has 0 spiro atoms. The first-order valence-electron chi connectivity index (χ1n) is 12.2. The molecule has 0 radical (unpaired) electrons. The Hall–Kier alpha value is -2.55. The van der Waals surface area contributed by atoms with E-state index in [0.717, 1.165) is 32.5 Å². The highest BCUT2D eigenvalue weighted by atomic mass is 16.2. The molecular formula is C28H36N2O. The number of unbranched alkanes of at least 4 members (excludes halogenated alkanes) is 6. The number of nitrogens with zero attached hydrogens (tertiary/aromatic N) is 2. The van der Waals surface area contributed by atoms with E-state index in [1.165, 1.54) is 66.2 Å². The third-order valence-electron chi connectivity index (χ3n) is 6.69. The van der Waals surface area contributed by atoms with Crippen molar-refractivity contribution in [3.8, 4) is 0 Å². The second-order valence-electron chi connectivity index (χ2n) is 8.95. The average molecular weight is 417 g/mol. The highest BCUT2D eigenvalue weighted by molar-refractivity contribution is 5.87. The molecule has 0 unspecified atom stereocenters. The molecule has 0 fully saturated rings. The predicted molar refractivity (Wildman–Crippen MR) is 129 cm³/mol. The largest absolute Gasteiger partial charge is 0.340 e. The van der Waals surface area contributed by atoms with Crippen LogP contribution in [0.5, 0.6) is 0 Å². The maximum atomic E-state index is 12.9. The third kappa shape index (κ3) is 5.20. The standard InChI is InChI=1S/C28H36N2O/c1-2-3-4-5-6-7-11-18-28(31)29-20-19-27-25(22-29)24-16-12-13-17-26(24)30(27)21-23-14-9-8-10-15-23/h8-10,12-17H,2-7,11,18-22H2,1H3. The van der Waals surface area contributed by atoms with Gasteiger partial charge in [0.05, 0.1) is 0 Å². The molecular weight excluding hydrogens is 380 g/mol. The number of aromatic nitrogens is 1. The van der Waals surface area contributed by atoms with Crippen molar-refractivity contribution in [1.82, 2.24) is 9.47 Å². The fourth-order valence-electron chi connectivity index (χ4n) is 4.95. The molecule has 1 aromatic heterocycles. The number of hydrogen-bond acceptors (Lipinski definition) is 1. The summed E-state index contributed by atoms with van der Waals surface area (Å²) in [4.78, 5) is 15.0. The molecule has 0 saturated heterocycles. The lowest BCUT2D eigenvalue weighted by Gasteiger charge is -2.28. The summed E-state index contributed by atoms with van der Waals surface area (Å²) < 4.78 is 2.47. The molecule has 0 N–H and O–H groups in total. The number of amides is 1. The summed E-state index contributed by atoms with van der Waals surface area (Å²) in [5.74, 6) is 0.332. The van der Waals surface area contributed by atoms with Gasteiger partial charge in [0.25, 0.3) is 0 Å². The predicted octanol–water partition coefficient (Wildman–Crippen LogP) is 6.72. The van der Waals surface area contributed by atoms with Gasteiger partial charge in [0.2, 0.25) is 5.91 Å². The number of rotatable bonds is 10. The van der Waals surface area contributed by atoms with Crippen molar-refractivity contribution in [3.63, 3.8) is 0 Å². The number of para-hydroxylation sites is 1. The van der Waals surface area contributed by atoms with Crippen LogP contribution >= 0.6 is 0 Å². The summed E-state index contributed by atoms with van der Waals surface area (Å²) in [6, 6.07) is 19.4. The van der Waals surface area contributed by atoms with E-state index >= 15 is 0 Å². The van der Waals surface area contributed by atoms with Gasteiger partial charge in [0.15, 0.2) is 0 Å². The highest BCUT2D eigenvalue weighted by Gasteiger charge is 2.26. The fraction of sp³-hybridized carbons (Fsp3) is 0.464. The van der Waals surface area contributed by atoms with Crippen molar-refractivity contribution in [3.05, 3.63) is 71.4 Å². The Bertz CT molecular complexity index is 989. The lowest BCUT2D eigenvalue weighted by Crippen LogP contribution is -2.36. The highest BCUT2D eigenvalue weighted by Crippen LogP contribution is 2.32. The minimum absolute atomic E-state index is 0.332. The normalized spacial score (nSPS) is 13.5. The molecule has 164 valence electrons. The topological polar surface area (TPSA) is 25.2 Å². The Kier molecular flexibility index (Phi) is 7.45. The maximum absolute atomic E-state index is 12.9. The molecule has 1 amide bonds. The van der Waals surface area contributed by atoms with E-state index < -0.39 is 0 Å². The molecule has 3 heteroatoms. The molecule has 1 aliphatic rings. The number of fused-ring (bicyclic) bond motifs is 3. The van der Waals surface area contributed by atoms with Gasteiger partial charge in [-0.2, -0.15) is 0 Å². The molecule has 3 nitrogen and oxygen atoms in total. The van der Waals surface area contributed by atoms with Gasteiger partial charge in [-0.15, -0.1) is 0 Å². The second kappa shape index (κ2) is 10.7. The van der Waals surface area contributed by atoms with Crippen LogP contribution in [0.25, 0.3) is 10.9 Å². The molecule has 2 heterocycles. The van der Waals surface area contributed by atoms with Crippen molar-refractivity contribution in [2.45, 2.75) is 77.8 Å². The fourth-order valence-corrected chi connectivity index (χ4v) is 4.95. The van der Waals surface area contributed by atoms with Gasteiger partial charge >= 0.3 is 0 Å². The lowest BCUT2D eigenvalue weighted by atomic mass is 10.0. The summed E-state index contributed by atoms with van der Waals surface area (Å²) >= 11 is 0. The van der Waals surface area contributed by atoms with Crippen LogP contribution in [0.1, 0.15) is 75.1 Å². The number of hydrogen-bond donors (Lipinski definition) is 0. The summed E-state index contributed by atoms with van der Waals surface area (Å²) in [5.41, 5.74) is 5.37. The molecule has 4 rings (SSSR count). The second-order valence-corrected chi connectivity index (χ2v) is 8.95. The zero-order valence-electron chi connectivity index (χ0n) is 19.0. The van der Waals surface area contributed by atoms with Gasteiger partial charge in [0.1, 0.15) is 0 Å². The minimum atomic E-state index is 0.332. The summed E-state index contributed by atoms with van der Waals surface area (Å²) in [5, 5.41) is 1.31. The van der Waals surface area contributed by atoms with Gasteiger partial charge in [-0.05, 0) is 18.1 Å². The summed E-state index contributed by atoms with van der Waals surface area (Å²) in [6.45, 7) is 4.74. The summed E-state index contributed by atoms with van der Waals surface area (Å²) in [7, 11) is 0. The van der Waals surface area contributed by atoms with Gasteiger partial charge in [0, 0.05) is 54.6 Å². The lowest BCUT2D eigenvalue weighted by molar-refractivity contribution is -0.132. The van der Waals surface area contributed by atoms with E-state index in [1.807, 2.05) is 0 Å². The maximum Gasteiger partial charge on any atom is 0.222 e. The van der Waals surface area contributed by atoms with E-state index in [0.29, 0.717) is 12.3 Å². The monoisotopic (exact) mass is 416 g/mol. The van der Waals surface area contributed by atoms with Gasteiger partial charge in [-0.3, -0.25) is 4.79 Å². The number of carbonyl (C=O) groups excluding carboxylic acids is 1. The molecule has 3 aromatic rings. The molecule has 0 aliphatic carbocycles. The molecule has 0 atom stereocenters. The number of benzene rings is 2. The average Bonchev–Trinajstić information content (AvgIpc) is 3.12. The Morgan fingerprint density at radius 1 is 0.871 bits per heavy atom. The van der Waals surface area contributed by atoms with E-state index in [1.54, 1.807) is 0 Å². The first kappa shape index (κ1) is 21.7. The first-order valence-corrected chi connectivity index (χ1v) is 12.2. The quantitative estimate of drug-likeness (QED) is 0.337. The van der Waals surface area contributed by atoms with Crippen LogP contribution in [0.3, 0.4) is 0 Å². The van der Waals surface area contributed by atoms with Crippen molar-refractivity contribution in [2.24, 2.45) is 0 Å². The zero-order chi connectivity index (χ0) is 21.5. The first-order chi connectivity index (χ1) is 15.3. The molecule has 31 heavy (non-hydrogen) atoms. The smallest absolute Gasteiger partial charge is 0.222 e.